The van der Waals surface area contributed by atoms with E-state index in [0.29, 0.717) is 23.4 Å². The van der Waals surface area contributed by atoms with Crippen LogP contribution < -0.4 is 11.1 Å². The van der Waals surface area contributed by atoms with Crippen molar-refractivity contribution in [2.45, 2.75) is 39.7 Å². The first-order chi connectivity index (χ1) is 12.8. The number of esters is 1. The molecule has 2 aromatic rings. The summed E-state index contributed by atoms with van der Waals surface area (Å²) in [4.78, 5) is 37.0. The molecule has 1 unspecified atom stereocenters. The van der Waals surface area contributed by atoms with Crippen molar-refractivity contribution in [3.63, 3.8) is 0 Å². The fourth-order valence-corrected chi connectivity index (χ4v) is 3.72. The average Bonchev–Trinajstić information content (AvgIpc) is 3.17. The third-order valence-corrected chi connectivity index (χ3v) is 5.24. The molecule has 0 saturated carbocycles. The van der Waals surface area contributed by atoms with Crippen LogP contribution in [0.5, 0.6) is 0 Å². The summed E-state index contributed by atoms with van der Waals surface area (Å²) in [7, 11) is 0. The third kappa shape index (κ3) is 4.67. The van der Waals surface area contributed by atoms with Gasteiger partial charge in [0.05, 0.1) is 28.3 Å². The van der Waals surface area contributed by atoms with Crippen LogP contribution in [0.25, 0.3) is 0 Å². The minimum Gasteiger partial charge on any atom is -0.462 e. The number of nitrogens with zero attached hydrogens (tertiary/aromatic N) is 2. The number of rotatable bonds is 8. The standard InChI is InChI=1S/C17H21ClN4O4S/c1-4-6-26-17(25)12-9(3)13(14(19)23)27-16(12)21-15(24)11(5-2)22-8-10(18)7-20-22/h7-8,11H,4-6H2,1-3H3,(H2,19,23)(H,21,24). The van der Waals surface area contributed by atoms with Gasteiger partial charge in [0.15, 0.2) is 0 Å². The van der Waals surface area contributed by atoms with Crippen molar-refractivity contribution in [3.05, 3.63) is 33.4 Å². The monoisotopic (exact) mass is 412 g/mol. The zero-order valence-electron chi connectivity index (χ0n) is 15.2. The Kier molecular flexibility index (Phi) is 6.98. The number of ether oxygens (including phenoxy) is 1. The summed E-state index contributed by atoms with van der Waals surface area (Å²) in [6.07, 6.45) is 4.08. The average molecular weight is 413 g/mol. The summed E-state index contributed by atoms with van der Waals surface area (Å²) >= 11 is 6.82. The number of aromatic nitrogens is 2. The minimum absolute atomic E-state index is 0.143. The maximum Gasteiger partial charge on any atom is 0.341 e. The first-order valence-electron chi connectivity index (χ1n) is 8.40. The molecule has 0 spiro atoms. The molecule has 10 heteroatoms. The molecular weight excluding hydrogens is 392 g/mol. The smallest absolute Gasteiger partial charge is 0.341 e. The van der Waals surface area contributed by atoms with Crippen molar-refractivity contribution in [2.75, 3.05) is 11.9 Å². The van der Waals surface area contributed by atoms with Crippen LogP contribution in [0.1, 0.15) is 58.3 Å². The molecule has 2 aromatic heterocycles. The quantitative estimate of drug-likeness (QED) is 0.646. The van der Waals surface area contributed by atoms with E-state index >= 15 is 0 Å². The van der Waals surface area contributed by atoms with Crippen LogP contribution in [0.15, 0.2) is 12.4 Å². The number of halogens is 1. The number of hydrogen-bond acceptors (Lipinski definition) is 6. The van der Waals surface area contributed by atoms with Gasteiger partial charge in [-0.15, -0.1) is 11.3 Å². The molecule has 0 aliphatic rings. The van der Waals surface area contributed by atoms with Crippen LogP contribution in [0.3, 0.4) is 0 Å². The van der Waals surface area contributed by atoms with E-state index in [2.05, 4.69) is 10.4 Å². The van der Waals surface area contributed by atoms with Crippen LogP contribution >= 0.6 is 22.9 Å². The highest BCUT2D eigenvalue weighted by atomic mass is 35.5. The lowest BCUT2D eigenvalue weighted by atomic mass is 10.1. The van der Waals surface area contributed by atoms with E-state index in [0.717, 1.165) is 11.3 Å². The lowest BCUT2D eigenvalue weighted by Crippen LogP contribution is -2.26. The summed E-state index contributed by atoms with van der Waals surface area (Å²) in [5.41, 5.74) is 5.92. The van der Waals surface area contributed by atoms with E-state index in [1.165, 1.54) is 10.9 Å². The van der Waals surface area contributed by atoms with Crippen molar-refractivity contribution in [2.24, 2.45) is 5.73 Å². The van der Waals surface area contributed by atoms with Gasteiger partial charge in [0.2, 0.25) is 5.91 Å². The number of nitrogens with one attached hydrogen (secondary N) is 1. The Balaban J connectivity index is 2.35. The molecule has 27 heavy (non-hydrogen) atoms. The van der Waals surface area contributed by atoms with Gasteiger partial charge in [-0.2, -0.15) is 5.10 Å². The Bertz CT molecular complexity index is 861. The van der Waals surface area contributed by atoms with Crippen LogP contribution in [0.2, 0.25) is 5.02 Å². The van der Waals surface area contributed by atoms with Gasteiger partial charge in [0.1, 0.15) is 11.0 Å². The molecule has 1 atom stereocenters. The van der Waals surface area contributed by atoms with Gasteiger partial charge in [-0.25, -0.2) is 4.79 Å². The van der Waals surface area contributed by atoms with E-state index in [9.17, 15) is 14.4 Å². The largest absolute Gasteiger partial charge is 0.462 e. The molecule has 2 heterocycles. The Morgan fingerprint density at radius 3 is 2.63 bits per heavy atom. The van der Waals surface area contributed by atoms with E-state index in [4.69, 9.17) is 22.1 Å². The molecule has 2 amide bonds. The summed E-state index contributed by atoms with van der Waals surface area (Å²) in [5.74, 6) is -1.67. The number of carbonyl (C=O) groups is 3. The van der Waals surface area contributed by atoms with Gasteiger partial charge < -0.3 is 15.8 Å². The van der Waals surface area contributed by atoms with Gasteiger partial charge in [-0.05, 0) is 25.3 Å². The molecular formula is C17H21ClN4O4S. The number of thiophene rings is 1. The molecule has 0 bridgehead atoms. The van der Waals surface area contributed by atoms with Crippen LogP contribution in [-0.2, 0) is 9.53 Å². The summed E-state index contributed by atoms with van der Waals surface area (Å²) in [6, 6.07) is -0.628. The summed E-state index contributed by atoms with van der Waals surface area (Å²) in [6.45, 7) is 5.52. The van der Waals surface area contributed by atoms with E-state index in [-0.39, 0.29) is 28.0 Å². The predicted octanol–water partition coefficient (Wildman–Crippen LogP) is 3.16. The number of hydrogen-bond donors (Lipinski definition) is 2. The Labute approximate surface area is 165 Å². The molecule has 0 aromatic carbocycles. The van der Waals surface area contributed by atoms with E-state index < -0.39 is 17.9 Å². The fraction of sp³-hybridized carbons (Fsp3) is 0.412. The Morgan fingerprint density at radius 2 is 2.11 bits per heavy atom. The number of amides is 2. The second-order valence-corrected chi connectivity index (χ2v) is 7.27. The predicted molar refractivity (Wildman–Crippen MR) is 103 cm³/mol. The first kappa shape index (κ1) is 20.9. The highest BCUT2D eigenvalue weighted by Gasteiger charge is 2.28. The number of nitrogens with two attached hydrogens (primary N) is 1. The van der Waals surface area contributed by atoms with Gasteiger partial charge >= 0.3 is 5.97 Å². The maximum atomic E-state index is 12.8. The highest BCUT2D eigenvalue weighted by molar-refractivity contribution is 7.18. The fourth-order valence-electron chi connectivity index (χ4n) is 2.52. The Hall–Kier alpha value is -2.39. The summed E-state index contributed by atoms with van der Waals surface area (Å²) in [5, 5.41) is 7.41. The van der Waals surface area contributed by atoms with Crippen molar-refractivity contribution < 1.29 is 19.1 Å². The number of anilines is 1. The van der Waals surface area contributed by atoms with E-state index in [1.54, 1.807) is 13.1 Å². The normalized spacial score (nSPS) is 11.9. The third-order valence-electron chi connectivity index (χ3n) is 3.83. The first-order valence-corrected chi connectivity index (χ1v) is 9.60. The van der Waals surface area contributed by atoms with Crippen LogP contribution in [0, 0.1) is 6.92 Å². The molecule has 2 rings (SSSR count). The zero-order chi connectivity index (χ0) is 20.1. The number of carbonyl (C=O) groups excluding carboxylic acids is 3. The molecule has 0 aliphatic carbocycles. The lowest BCUT2D eigenvalue weighted by Gasteiger charge is -2.15. The molecule has 0 saturated heterocycles. The molecule has 0 aliphatic heterocycles. The zero-order valence-corrected chi connectivity index (χ0v) is 16.8. The molecule has 8 nitrogen and oxygen atoms in total. The van der Waals surface area contributed by atoms with Crippen molar-refractivity contribution >= 4 is 45.7 Å². The molecule has 0 fully saturated rings. The summed E-state index contributed by atoms with van der Waals surface area (Å²) < 4.78 is 6.62. The van der Waals surface area contributed by atoms with Gasteiger partial charge in [-0.3, -0.25) is 14.3 Å². The lowest BCUT2D eigenvalue weighted by molar-refractivity contribution is -0.119. The van der Waals surface area contributed by atoms with Gasteiger partial charge in [-0.1, -0.05) is 25.4 Å². The molecule has 0 radical (unpaired) electrons. The van der Waals surface area contributed by atoms with Crippen LogP contribution in [-0.4, -0.2) is 34.2 Å². The maximum absolute atomic E-state index is 12.8. The van der Waals surface area contributed by atoms with E-state index in [1.807, 2.05) is 13.8 Å². The minimum atomic E-state index is -0.673. The SMILES string of the molecule is CCCOC(=O)c1c(NC(=O)C(CC)n2cc(Cl)cn2)sc(C(N)=O)c1C. The van der Waals surface area contributed by atoms with Crippen molar-refractivity contribution in [1.29, 1.82) is 0 Å². The van der Waals surface area contributed by atoms with Crippen molar-refractivity contribution in [3.8, 4) is 0 Å². The van der Waals surface area contributed by atoms with Gasteiger partial charge in [0.25, 0.3) is 5.91 Å². The van der Waals surface area contributed by atoms with Gasteiger partial charge in [0, 0.05) is 6.20 Å². The number of primary amides is 1. The van der Waals surface area contributed by atoms with Crippen molar-refractivity contribution in [1.82, 2.24) is 9.78 Å². The Morgan fingerprint density at radius 1 is 1.41 bits per heavy atom. The molecule has 146 valence electrons. The topological polar surface area (TPSA) is 116 Å². The second-order valence-electron chi connectivity index (χ2n) is 5.81. The highest BCUT2D eigenvalue weighted by Crippen LogP contribution is 2.34. The van der Waals surface area contributed by atoms with Crippen LogP contribution in [0.4, 0.5) is 5.00 Å². The molecule has 3 N–H and O–H groups in total. The second kappa shape index (κ2) is 9.01.